The fourth-order valence-corrected chi connectivity index (χ4v) is 4.17. The lowest BCUT2D eigenvalue weighted by atomic mass is 10.0. The number of benzene rings is 2. The van der Waals surface area contributed by atoms with Crippen LogP contribution < -0.4 is 5.56 Å². The van der Waals surface area contributed by atoms with Gasteiger partial charge in [0, 0.05) is 28.6 Å². The van der Waals surface area contributed by atoms with Crippen molar-refractivity contribution in [3.63, 3.8) is 0 Å². The van der Waals surface area contributed by atoms with E-state index in [1.807, 2.05) is 48.5 Å². The number of rotatable bonds is 4. The molecule has 2 aliphatic rings. The smallest absolute Gasteiger partial charge is 0.257 e. The molecule has 0 bridgehead atoms. The Bertz CT molecular complexity index is 1090. The molecule has 3 aromatic rings. The normalized spacial score (nSPS) is 17.4. The molecule has 1 aliphatic carbocycles. The first-order valence-electron chi connectivity index (χ1n) is 9.50. The molecular weight excluding hydrogens is 338 g/mol. The van der Waals surface area contributed by atoms with E-state index in [4.69, 9.17) is 4.84 Å². The number of oxime groups is 1. The van der Waals surface area contributed by atoms with Gasteiger partial charge in [0.2, 0.25) is 0 Å². The van der Waals surface area contributed by atoms with E-state index >= 15 is 0 Å². The number of nitrogens with zero attached hydrogens (tertiary/aromatic N) is 2. The van der Waals surface area contributed by atoms with Crippen molar-refractivity contribution < 1.29 is 4.84 Å². The SMILES string of the molecule is O=c1[nH]c2ccccc2c2c1-c1ccccc1/C2=N\OCCN1CCCC1. The molecule has 2 heterocycles. The highest BCUT2D eigenvalue weighted by Gasteiger charge is 2.30. The lowest BCUT2D eigenvalue weighted by Gasteiger charge is -2.13. The molecule has 0 saturated carbocycles. The van der Waals surface area contributed by atoms with Gasteiger partial charge in [-0.15, -0.1) is 0 Å². The molecule has 0 unspecified atom stereocenters. The van der Waals surface area contributed by atoms with E-state index in [1.54, 1.807) is 0 Å². The maximum absolute atomic E-state index is 12.8. The predicted molar refractivity (Wildman–Crippen MR) is 107 cm³/mol. The molecule has 0 atom stereocenters. The summed E-state index contributed by atoms with van der Waals surface area (Å²) in [7, 11) is 0. The number of aromatic amines is 1. The Balaban J connectivity index is 1.57. The molecule has 0 radical (unpaired) electrons. The zero-order valence-electron chi connectivity index (χ0n) is 15.1. The number of para-hydroxylation sites is 1. The minimum Gasteiger partial charge on any atom is -0.394 e. The fraction of sp³-hybridized carbons (Fsp3) is 0.273. The Hall–Kier alpha value is -2.92. The van der Waals surface area contributed by atoms with Crippen LogP contribution in [0.2, 0.25) is 0 Å². The predicted octanol–water partition coefficient (Wildman–Crippen LogP) is 3.37. The average Bonchev–Trinajstić information content (AvgIpc) is 3.32. The van der Waals surface area contributed by atoms with Gasteiger partial charge >= 0.3 is 0 Å². The Kier molecular flexibility index (Phi) is 4.02. The average molecular weight is 359 g/mol. The maximum atomic E-state index is 12.8. The number of fused-ring (bicyclic) bond motifs is 5. The summed E-state index contributed by atoms with van der Waals surface area (Å²) in [5, 5.41) is 5.49. The molecule has 0 spiro atoms. The number of aromatic nitrogens is 1. The Morgan fingerprint density at radius 2 is 1.70 bits per heavy atom. The third-order valence-corrected chi connectivity index (χ3v) is 5.46. The quantitative estimate of drug-likeness (QED) is 0.449. The largest absolute Gasteiger partial charge is 0.394 e. The van der Waals surface area contributed by atoms with E-state index in [9.17, 15) is 4.79 Å². The summed E-state index contributed by atoms with van der Waals surface area (Å²) in [6, 6.07) is 15.8. The van der Waals surface area contributed by atoms with E-state index in [1.165, 1.54) is 12.8 Å². The van der Waals surface area contributed by atoms with Crippen LogP contribution in [-0.4, -0.2) is 41.8 Å². The highest BCUT2D eigenvalue weighted by atomic mass is 16.6. The molecule has 27 heavy (non-hydrogen) atoms. The van der Waals surface area contributed by atoms with Gasteiger partial charge in [0.1, 0.15) is 12.3 Å². The second-order valence-electron chi connectivity index (χ2n) is 7.12. The fourth-order valence-electron chi connectivity index (χ4n) is 4.17. The molecule has 0 amide bonds. The summed E-state index contributed by atoms with van der Waals surface area (Å²) in [5.74, 6) is 0. The summed E-state index contributed by atoms with van der Waals surface area (Å²) in [6.07, 6.45) is 2.54. The summed E-state index contributed by atoms with van der Waals surface area (Å²) < 4.78 is 0. The van der Waals surface area contributed by atoms with Gasteiger partial charge < -0.3 is 9.82 Å². The molecule has 1 fully saturated rings. The minimum absolute atomic E-state index is 0.0848. The zero-order chi connectivity index (χ0) is 18.2. The molecule has 136 valence electrons. The molecular formula is C22H21N3O2. The molecule has 1 N–H and O–H groups in total. The maximum Gasteiger partial charge on any atom is 0.257 e. The van der Waals surface area contributed by atoms with Crippen molar-refractivity contribution >= 4 is 16.6 Å². The van der Waals surface area contributed by atoms with Crippen LogP contribution in [0.1, 0.15) is 24.0 Å². The monoisotopic (exact) mass is 359 g/mol. The highest BCUT2D eigenvalue weighted by Crippen LogP contribution is 2.37. The highest BCUT2D eigenvalue weighted by molar-refractivity contribution is 6.29. The summed E-state index contributed by atoms with van der Waals surface area (Å²) in [4.78, 5) is 23.9. The van der Waals surface area contributed by atoms with Crippen molar-refractivity contribution in [3.05, 3.63) is 70.0 Å². The number of hydrogen-bond acceptors (Lipinski definition) is 4. The topological polar surface area (TPSA) is 57.7 Å². The van der Waals surface area contributed by atoms with Crippen LogP contribution in [0.3, 0.4) is 0 Å². The van der Waals surface area contributed by atoms with Gasteiger partial charge in [0.25, 0.3) is 5.56 Å². The second-order valence-corrected chi connectivity index (χ2v) is 7.12. The Labute approximate surface area is 157 Å². The summed E-state index contributed by atoms with van der Waals surface area (Å²) >= 11 is 0. The van der Waals surface area contributed by atoms with E-state index in [0.717, 1.165) is 52.9 Å². The third kappa shape index (κ3) is 2.75. The van der Waals surface area contributed by atoms with Crippen LogP contribution in [0.4, 0.5) is 0 Å². The van der Waals surface area contributed by atoms with Crippen LogP contribution in [-0.2, 0) is 4.84 Å². The van der Waals surface area contributed by atoms with Gasteiger partial charge in [-0.25, -0.2) is 0 Å². The van der Waals surface area contributed by atoms with Crippen molar-refractivity contribution in [1.82, 2.24) is 9.88 Å². The van der Waals surface area contributed by atoms with E-state index in [0.29, 0.717) is 12.2 Å². The number of H-pyrrole nitrogens is 1. The van der Waals surface area contributed by atoms with Crippen molar-refractivity contribution in [2.45, 2.75) is 12.8 Å². The van der Waals surface area contributed by atoms with E-state index < -0.39 is 0 Å². The third-order valence-electron chi connectivity index (χ3n) is 5.46. The minimum atomic E-state index is -0.0848. The number of hydrogen-bond donors (Lipinski definition) is 1. The van der Waals surface area contributed by atoms with Gasteiger partial charge in [-0.1, -0.05) is 47.6 Å². The van der Waals surface area contributed by atoms with Gasteiger partial charge in [-0.05, 0) is 37.6 Å². The van der Waals surface area contributed by atoms with E-state index in [2.05, 4.69) is 15.0 Å². The van der Waals surface area contributed by atoms with Crippen molar-refractivity contribution in [2.24, 2.45) is 5.16 Å². The second kappa shape index (κ2) is 6.67. The zero-order valence-corrected chi connectivity index (χ0v) is 15.1. The lowest BCUT2D eigenvalue weighted by Crippen LogP contribution is -2.23. The van der Waals surface area contributed by atoms with Crippen LogP contribution in [0.25, 0.3) is 22.0 Å². The van der Waals surface area contributed by atoms with Gasteiger partial charge in [-0.3, -0.25) is 9.69 Å². The van der Waals surface area contributed by atoms with Crippen LogP contribution >= 0.6 is 0 Å². The molecule has 5 nitrogen and oxygen atoms in total. The molecule has 2 aromatic carbocycles. The molecule has 5 rings (SSSR count). The molecule has 1 aromatic heterocycles. The van der Waals surface area contributed by atoms with Crippen LogP contribution in [0.15, 0.2) is 58.5 Å². The lowest BCUT2D eigenvalue weighted by molar-refractivity contribution is 0.119. The van der Waals surface area contributed by atoms with Crippen molar-refractivity contribution in [3.8, 4) is 11.1 Å². The number of nitrogens with one attached hydrogen (secondary N) is 1. The standard InChI is InChI=1S/C22H21N3O2/c26-22-20-15-7-1-2-8-16(15)21(24-27-14-13-25-11-5-6-12-25)19(20)17-9-3-4-10-18(17)23-22/h1-4,7-10H,5-6,11-14H2,(H,23,26)/b24-21+. The van der Waals surface area contributed by atoms with Crippen molar-refractivity contribution in [2.75, 3.05) is 26.2 Å². The Morgan fingerprint density at radius 1 is 0.963 bits per heavy atom. The summed E-state index contributed by atoms with van der Waals surface area (Å²) in [6.45, 7) is 3.74. The molecule has 1 aliphatic heterocycles. The van der Waals surface area contributed by atoms with Crippen LogP contribution in [0.5, 0.6) is 0 Å². The van der Waals surface area contributed by atoms with Crippen LogP contribution in [0, 0.1) is 0 Å². The Morgan fingerprint density at radius 3 is 2.56 bits per heavy atom. The number of pyridine rings is 1. The van der Waals surface area contributed by atoms with Crippen molar-refractivity contribution in [1.29, 1.82) is 0 Å². The first-order chi connectivity index (χ1) is 13.3. The van der Waals surface area contributed by atoms with E-state index in [-0.39, 0.29) is 5.56 Å². The molecule has 5 heteroatoms. The van der Waals surface area contributed by atoms with Gasteiger partial charge in [0.15, 0.2) is 0 Å². The molecule has 1 saturated heterocycles. The number of likely N-dealkylation sites (tertiary alicyclic amines) is 1. The summed E-state index contributed by atoms with van der Waals surface area (Å²) in [5.41, 5.74) is 4.92. The first-order valence-corrected chi connectivity index (χ1v) is 9.50. The van der Waals surface area contributed by atoms with Gasteiger partial charge in [0.05, 0.1) is 5.56 Å². The first kappa shape index (κ1) is 16.3. The van der Waals surface area contributed by atoms with Gasteiger partial charge in [-0.2, -0.15) is 0 Å².